The number of hydrogen-bond acceptors (Lipinski definition) is 5. The van der Waals surface area contributed by atoms with Crippen molar-refractivity contribution in [1.29, 1.82) is 0 Å². The summed E-state index contributed by atoms with van der Waals surface area (Å²) in [5.41, 5.74) is -1.45. The molecule has 0 aliphatic carbocycles. The monoisotopic (exact) mass is 493 g/mol. The highest BCUT2D eigenvalue weighted by Crippen LogP contribution is 2.33. The van der Waals surface area contributed by atoms with Gasteiger partial charge < -0.3 is 14.1 Å². The third-order valence-electron chi connectivity index (χ3n) is 5.66. The van der Waals surface area contributed by atoms with Crippen molar-refractivity contribution in [2.45, 2.75) is 44.4 Å². The molecule has 6 nitrogen and oxygen atoms in total. The maximum Gasteiger partial charge on any atom is 0.416 e. The molecule has 3 aromatic rings. The summed E-state index contributed by atoms with van der Waals surface area (Å²) in [6.45, 7) is 4.37. The number of nitrogens with zero attached hydrogens (tertiary/aromatic N) is 3. The predicted octanol–water partition coefficient (Wildman–Crippen LogP) is 5.97. The molecule has 0 saturated carbocycles. The molecular formula is C24H23ClF3N3O3. The zero-order valence-electron chi connectivity index (χ0n) is 18.6. The Kier molecular flexibility index (Phi) is 6.58. The number of benzene rings is 2. The number of halogens is 4. The van der Waals surface area contributed by atoms with Gasteiger partial charge in [-0.2, -0.15) is 13.2 Å². The molecule has 2 aromatic carbocycles. The number of aromatic nitrogens is 2. The van der Waals surface area contributed by atoms with Crippen LogP contribution in [0.25, 0.3) is 11.5 Å². The Labute approximate surface area is 199 Å². The van der Waals surface area contributed by atoms with Crippen LogP contribution in [0.2, 0.25) is 5.02 Å². The number of piperidine rings is 1. The molecule has 0 radical (unpaired) electrons. The summed E-state index contributed by atoms with van der Waals surface area (Å²) in [4.78, 5) is 14.9. The molecule has 1 aliphatic heterocycles. The number of hydrogen-bond donors (Lipinski definition) is 0. The normalized spacial score (nSPS) is 17.0. The minimum atomic E-state index is -4.42. The molecule has 2 heterocycles. The van der Waals surface area contributed by atoms with E-state index in [1.807, 2.05) is 0 Å². The van der Waals surface area contributed by atoms with E-state index in [1.54, 1.807) is 43.0 Å². The summed E-state index contributed by atoms with van der Waals surface area (Å²) >= 11 is 5.91. The Bertz CT molecular complexity index is 1140. The molecule has 1 fully saturated rings. The second-order valence-electron chi connectivity index (χ2n) is 8.68. The topological polar surface area (TPSA) is 68.5 Å². The van der Waals surface area contributed by atoms with E-state index in [2.05, 4.69) is 10.2 Å². The third-order valence-corrected chi connectivity index (χ3v) is 5.91. The van der Waals surface area contributed by atoms with Crippen molar-refractivity contribution < 1.29 is 27.1 Å². The summed E-state index contributed by atoms with van der Waals surface area (Å²) in [6.07, 6.45) is -2.93. The summed E-state index contributed by atoms with van der Waals surface area (Å²) in [5.74, 6) is 0.672. The SMILES string of the molecule is CC(C)(Oc1ccc(Cl)cc1)C(=O)N1CCCC(c2nnc(-c3ccc(C(F)(F)F)cc3)o2)C1. The maximum absolute atomic E-state index is 13.2. The van der Waals surface area contributed by atoms with E-state index in [0.29, 0.717) is 35.3 Å². The lowest BCUT2D eigenvalue weighted by Gasteiger charge is -2.36. The van der Waals surface area contributed by atoms with Crippen LogP contribution in [0.3, 0.4) is 0 Å². The van der Waals surface area contributed by atoms with Crippen molar-refractivity contribution in [3.8, 4) is 17.2 Å². The van der Waals surface area contributed by atoms with E-state index in [0.717, 1.165) is 25.0 Å². The van der Waals surface area contributed by atoms with Crippen LogP contribution >= 0.6 is 11.6 Å². The van der Waals surface area contributed by atoms with Gasteiger partial charge in [-0.3, -0.25) is 4.79 Å². The highest BCUT2D eigenvalue weighted by Gasteiger charge is 2.38. The van der Waals surface area contributed by atoms with Crippen LogP contribution in [0, 0.1) is 0 Å². The number of carbonyl (C=O) groups excluding carboxylic acids is 1. The summed E-state index contributed by atoms with van der Waals surface area (Å²) in [7, 11) is 0. The molecule has 1 aliphatic rings. The molecule has 1 amide bonds. The molecule has 0 N–H and O–H groups in total. The van der Waals surface area contributed by atoms with Crippen molar-refractivity contribution in [3.05, 3.63) is 65.0 Å². The van der Waals surface area contributed by atoms with Gasteiger partial charge in [0.25, 0.3) is 5.91 Å². The molecule has 0 bridgehead atoms. The zero-order chi connectivity index (χ0) is 24.5. The lowest BCUT2D eigenvalue weighted by atomic mass is 9.96. The quantitative estimate of drug-likeness (QED) is 0.438. The number of alkyl halides is 3. The van der Waals surface area contributed by atoms with E-state index < -0.39 is 17.3 Å². The number of likely N-dealkylation sites (tertiary alicyclic amines) is 1. The van der Waals surface area contributed by atoms with E-state index in [4.69, 9.17) is 20.8 Å². The van der Waals surface area contributed by atoms with Crippen molar-refractivity contribution in [1.82, 2.24) is 15.1 Å². The lowest BCUT2D eigenvalue weighted by molar-refractivity contribution is -0.146. The first-order valence-corrected chi connectivity index (χ1v) is 11.2. The summed E-state index contributed by atoms with van der Waals surface area (Å²) in [5, 5.41) is 8.67. The van der Waals surface area contributed by atoms with Gasteiger partial charge in [0.15, 0.2) is 5.60 Å². The predicted molar refractivity (Wildman–Crippen MR) is 119 cm³/mol. The van der Waals surface area contributed by atoms with Gasteiger partial charge in [-0.05, 0) is 75.2 Å². The van der Waals surface area contributed by atoms with Gasteiger partial charge in [0.05, 0.1) is 11.5 Å². The van der Waals surface area contributed by atoms with Gasteiger partial charge in [-0.15, -0.1) is 10.2 Å². The fourth-order valence-corrected chi connectivity index (χ4v) is 4.03. The Morgan fingerprint density at radius 3 is 2.41 bits per heavy atom. The lowest BCUT2D eigenvalue weighted by Crippen LogP contribution is -2.51. The largest absolute Gasteiger partial charge is 0.478 e. The van der Waals surface area contributed by atoms with Crippen LogP contribution in [-0.4, -0.2) is 39.7 Å². The molecule has 1 unspecified atom stereocenters. The van der Waals surface area contributed by atoms with Crippen LogP contribution in [-0.2, 0) is 11.0 Å². The molecular weight excluding hydrogens is 471 g/mol. The number of rotatable bonds is 5. The summed E-state index contributed by atoms with van der Waals surface area (Å²) in [6, 6.07) is 11.3. The molecule has 180 valence electrons. The first-order chi connectivity index (χ1) is 16.0. The number of amides is 1. The van der Waals surface area contributed by atoms with Gasteiger partial charge in [-0.1, -0.05) is 11.6 Å². The maximum atomic E-state index is 13.2. The van der Waals surface area contributed by atoms with Crippen molar-refractivity contribution in [2.24, 2.45) is 0 Å². The Morgan fingerprint density at radius 1 is 1.09 bits per heavy atom. The van der Waals surface area contributed by atoms with E-state index in [-0.39, 0.29) is 17.7 Å². The number of carbonyl (C=O) groups is 1. The Morgan fingerprint density at radius 2 is 1.76 bits per heavy atom. The summed E-state index contributed by atoms with van der Waals surface area (Å²) < 4.78 is 50.1. The third kappa shape index (κ3) is 5.35. The average molecular weight is 494 g/mol. The smallest absolute Gasteiger partial charge is 0.416 e. The second-order valence-corrected chi connectivity index (χ2v) is 9.11. The average Bonchev–Trinajstić information content (AvgIpc) is 3.30. The molecule has 1 atom stereocenters. The molecule has 0 spiro atoms. The van der Waals surface area contributed by atoms with Gasteiger partial charge >= 0.3 is 6.18 Å². The standard InChI is InChI=1S/C24H23ClF3N3O3/c1-23(2,34-19-11-9-18(25)10-12-19)22(32)31-13-3-4-16(14-31)21-30-29-20(33-21)15-5-7-17(8-6-15)24(26,27)28/h5-12,16H,3-4,13-14H2,1-2H3. The molecule has 1 aromatic heterocycles. The van der Waals surface area contributed by atoms with Gasteiger partial charge in [-0.25, -0.2) is 0 Å². The van der Waals surface area contributed by atoms with E-state index in [9.17, 15) is 18.0 Å². The highest BCUT2D eigenvalue weighted by molar-refractivity contribution is 6.30. The zero-order valence-corrected chi connectivity index (χ0v) is 19.4. The minimum absolute atomic E-state index is 0.138. The molecule has 4 rings (SSSR count). The fraction of sp³-hybridized carbons (Fsp3) is 0.375. The van der Waals surface area contributed by atoms with Gasteiger partial charge in [0.1, 0.15) is 5.75 Å². The van der Waals surface area contributed by atoms with Crippen LogP contribution in [0.4, 0.5) is 13.2 Å². The second kappa shape index (κ2) is 9.29. The Balaban J connectivity index is 1.44. The highest BCUT2D eigenvalue weighted by atomic mass is 35.5. The van der Waals surface area contributed by atoms with Crippen molar-refractivity contribution in [3.63, 3.8) is 0 Å². The molecule has 1 saturated heterocycles. The van der Waals surface area contributed by atoms with Crippen LogP contribution in [0.1, 0.15) is 44.1 Å². The van der Waals surface area contributed by atoms with Crippen LogP contribution in [0.5, 0.6) is 5.75 Å². The minimum Gasteiger partial charge on any atom is -0.478 e. The van der Waals surface area contributed by atoms with Gasteiger partial charge in [0, 0.05) is 23.7 Å². The first kappa shape index (κ1) is 24.1. The Hall–Kier alpha value is -3.07. The fourth-order valence-electron chi connectivity index (χ4n) is 3.90. The first-order valence-electron chi connectivity index (χ1n) is 10.8. The van der Waals surface area contributed by atoms with Crippen LogP contribution < -0.4 is 4.74 Å². The van der Waals surface area contributed by atoms with Crippen LogP contribution in [0.15, 0.2) is 52.9 Å². The molecule has 34 heavy (non-hydrogen) atoms. The van der Waals surface area contributed by atoms with E-state index >= 15 is 0 Å². The van der Waals surface area contributed by atoms with E-state index in [1.165, 1.54) is 12.1 Å². The van der Waals surface area contributed by atoms with Gasteiger partial charge in [0.2, 0.25) is 11.8 Å². The van der Waals surface area contributed by atoms with Crippen molar-refractivity contribution >= 4 is 17.5 Å². The number of ether oxygens (including phenoxy) is 1. The molecule has 10 heteroatoms. The van der Waals surface area contributed by atoms with Crippen molar-refractivity contribution in [2.75, 3.05) is 13.1 Å².